The van der Waals surface area contributed by atoms with Crippen LogP contribution in [0.1, 0.15) is 17.5 Å². The molecule has 0 amide bonds. The Balaban J connectivity index is 1.11. The largest absolute Gasteiger partial charge is 0.358 e. The molecule has 39 heavy (non-hydrogen) atoms. The first-order valence-electron chi connectivity index (χ1n) is 13.0. The van der Waals surface area contributed by atoms with Crippen LogP contribution in [0.2, 0.25) is 0 Å². The number of halogens is 2. The summed E-state index contributed by atoms with van der Waals surface area (Å²) in [5.41, 5.74) is 4.69. The van der Waals surface area contributed by atoms with Crippen molar-refractivity contribution in [2.45, 2.75) is 35.9 Å². The first kappa shape index (κ1) is 24.4. The molecule has 0 radical (unpaired) electrons. The summed E-state index contributed by atoms with van der Waals surface area (Å²) in [5, 5.41) is 14.0. The minimum atomic E-state index is -2.68. The van der Waals surface area contributed by atoms with Gasteiger partial charge in [-0.15, -0.1) is 11.8 Å². The zero-order chi connectivity index (χ0) is 26.7. The third kappa shape index (κ3) is 4.30. The SMILES string of the molecule is CSc1cccc(CN2C3CC2CN(c2ccc(-c4cc(N5CC(F)(F)C5)cn5ncc(C#N)c45)cn2)C3)c1. The third-order valence-electron chi connectivity index (χ3n) is 8.15. The smallest absolute Gasteiger partial charge is 0.282 e. The second kappa shape index (κ2) is 9.21. The van der Waals surface area contributed by atoms with Crippen LogP contribution in [0, 0.1) is 11.3 Å². The van der Waals surface area contributed by atoms with Gasteiger partial charge in [-0.2, -0.15) is 10.4 Å². The van der Waals surface area contributed by atoms with E-state index in [1.807, 2.05) is 24.4 Å². The molecule has 4 aliphatic rings. The number of rotatable bonds is 6. The minimum Gasteiger partial charge on any atom is -0.358 e. The molecule has 0 spiro atoms. The van der Waals surface area contributed by atoms with Gasteiger partial charge in [0.25, 0.3) is 5.92 Å². The maximum absolute atomic E-state index is 13.6. The molecule has 0 aliphatic carbocycles. The normalized spacial score (nSPS) is 21.9. The van der Waals surface area contributed by atoms with E-state index < -0.39 is 5.92 Å². The molecule has 4 aliphatic heterocycles. The van der Waals surface area contributed by atoms with Gasteiger partial charge < -0.3 is 9.80 Å². The highest BCUT2D eigenvalue weighted by Gasteiger charge is 2.45. The number of anilines is 2. The van der Waals surface area contributed by atoms with Gasteiger partial charge in [0.15, 0.2) is 0 Å². The van der Waals surface area contributed by atoms with E-state index >= 15 is 0 Å². The van der Waals surface area contributed by atoms with Crippen molar-refractivity contribution in [3.05, 3.63) is 72.2 Å². The molecule has 3 aromatic heterocycles. The molecule has 7 nitrogen and oxygen atoms in total. The van der Waals surface area contributed by atoms with Crippen LogP contribution in [0.25, 0.3) is 16.6 Å². The van der Waals surface area contributed by atoms with Crippen LogP contribution in [0.3, 0.4) is 0 Å². The maximum atomic E-state index is 13.6. The molecule has 4 fully saturated rings. The number of piperidine rings is 1. The van der Waals surface area contributed by atoms with Gasteiger partial charge in [-0.3, -0.25) is 4.90 Å². The number of aromatic nitrogens is 3. The second-order valence-corrected chi connectivity index (χ2v) is 11.5. The summed E-state index contributed by atoms with van der Waals surface area (Å²) in [6, 6.07) is 17.9. The fourth-order valence-electron chi connectivity index (χ4n) is 6.12. The monoisotopic (exact) mass is 543 g/mol. The number of alkyl halides is 2. The number of hydrogen-bond acceptors (Lipinski definition) is 7. The van der Waals surface area contributed by atoms with Crippen molar-refractivity contribution in [2.75, 3.05) is 42.2 Å². The van der Waals surface area contributed by atoms with Crippen LogP contribution in [-0.4, -0.2) is 69.9 Å². The molecule has 1 aromatic carbocycles. The average Bonchev–Trinajstić information content (AvgIpc) is 3.37. The summed E-state index contributed by atoms with van der Waals surface area (Å²) in [6.07, 6.45) is 8.37. The summed E-state index contributed by atoms with van der Waals surface area (Å²) in [7, 11) is 0. The van der Waals surface area contributed by atoms with Crippen molar-refractivity contribution in [3.8, 4) is 17.2 Å². The number of benzene rings is 1. The molecule has 2 atom stereocenters. The van der Waals surface area contributed by atoms with Crippen molar-refractivity contribution in [3.63, 3.8) is 0 Å². The van der Waals surface area contributed by atoms with Gasteiger partial charge in [-0.1, -0.05) is 12.1 Å². The lowest BCUT2D eigenvalue weighted by molar-refractivity contribution is -0.0263. The van der Waals surface area contributed by atoms with E-state index in [-0.39, 0.29) is 13.1 Å². The Kier molecular flexibility index (Phi) is 5.75. The van der Waals surface area contributed by atoms with Gasteiger partial charge in [0, 0.05) is 53.9 Å². The third-order valence-corrected chi connectivity index (χ3v) is 8.88. The second-order valence-electron chi connectivity index (χ2n) is 10.7. The van der Waals surface area contributed by atoms with Crippen LogP contribution in [0.15, 0.2) is 66.0 Å². The molecule has 198 valence electrons. The topological polar surface area (TPSA) is 63.7 Å². The van der Waals surface area contributed by atoms with Gasteiger partial charge in [0.2, 0.25) is 0 Å². The number of hydrogen-bond donors (Lipinski definition) is 0. The van der Waals surface area contributed by atoms with Gasteiger partial charge in [0.05, 0.1) is 42.3 Å². The zero-order valence-corrected chi connectivity index (χ0v) is 22.3. The molecule has 0 saturated carbocycles. The minimum absolute atomic E-state index is 0.321. The Hall–Kier alpha value is -3.68. The van der Waals surface area contributed by atoms with E-state index in [1.165, 1.54) is 23.1 Å². The lowest BCUT2D eigenvalue weighted by Crippen LogP contribution is -2.68. The summed E-state index contributed by atoms with van der Waals surface area (Å²) >= 11 is 1.78. The number of pyridine rings is 2. The molecular weight excluding hydrogens is 516 g/mol. The Morgan fingerprint density at radius 3 is 2.59 bits per heavy atom. The zero-order valence-electron chi connectivity index (χ0n) is 21.5. The van der Waals surface area contributed by atoms with Crippen LogP contribution in [-0.2, 0) is 6.54 Å². The van der Waals surface area contributed by atoms with E-state index in [0.29, 0.717) is 28.9 Å². The number of nitriles is 1. The van der Waals surface area contributed by atoms with E-state index in [2.05, 4.69) is 51.5 Å². The first-order valence-corrected chi connectivity index (χ1v) is 14.3. The van der Waals surface area contributed by atoms with Crippen molar-refractivity contribution < 1.29 is 8.78 Å². The number of piperazine rings is 1. The first-order chi connectivity index (χ1) is 18.9. The van der Waals surface area contributed by atoms with Gasteiger partial charge >= 0.3 is 0 Å². The highest BCUT2D eigenvalue weighted by atomic mass is 32.2. The molecule has 2 unspecified atom stereocenters. The predicted molar refractivity (Wildman–Crippen MR) is 148 cm³/mol. The average molecular weight is 544 g/mol. The molecule has 10 heteroatoms. The van der Waals surface area contributed by atoms with E-state index in [9.17, 15) is 14.0 Å². The van der Waals surface area contributed by atoms with Crippen molar-refractivity contribution >= 4 is 28.8 Å². The highest BCUT2D eigenvalue weighted by molar-refractivity contribution is 7.98. The quantitative estimate of drug-likeness (QED) is 0.320. The van der Waals surface area contributed by atoms with E-state index in [0.717, 1.165) is 36.6 Å². The van der Waals surface area contributed by atoms with Crippen LogP contribution in [0.5, 0.6) is 0 Å². The van der Waals surface area contributed by atoms with Gasteiger partial charge in [0.1, 0.15) is 11.9 Å². The summed E-state index contributed by atoms with van der Waals surface area (Å²) in [6.45, 7) is 2.22. The van der Waals surface area contributed by atoms with Gasteiger partial charge in [-0.05, 0) is 48.6 Å². The standard InChI is InChI=1S/C29H27F2N7S/c1-39-25-4-2-3-19(7-25)13-37-23-8-24(37)15-35(14-23)27-6-5-20(11-33-27)26-9-22(36-17-29(30,31)18-36)16-38-28(26)21(10-32)12-34-38/h2-7,9,11-12,16,23-24H,8,13-15,17-18H2,1H3. The van der Waals surface area contributed by atoms with Crippen molar-refractivity contribution in [2.24, 2.45) is 0 Å². The molecule has 4 aromatic rings. The Labute approximate surface area is 229 Å². The number of thioether (sulfide) groups is 1. The number of nitrogens with zero attached hydrogens (tertiary/aromatic N) is 7. The highest BCUT2D eigenvalue weighted by Crippen LogP contribution is 2.38. The molecule has 0 N–H and O–H groups in total. The fraction of sp³-hybridized carbons (Fsp3) is 0.345. The molecular formula is C29H27F2N7S. The fourth-order valence-corrected chi connectivity index (χ4v) is 6.61. The molecule has 4 saturated heterocycles. The molecule has 8 rings (SSSR count). The van der Waals surface area contributed by atoms with Crippen LogP contribution >= 0.6 is 11.8 Å². The molecule has 2 bridgehead atoms. The lowest BCUT2D eigenvalue weighted by Gasteiger charge is -2.56. The number of fused-ring (bicyclic) bond motifs is 3. The summed E-state index contributed by atoms with van der Waals surface area (Å²) < 4.78 is 28.7. The maximum Gasteiger partial charge on any atom is 0.282 e. The summed E-state index contributed by atoms with van der Waals surface area (Å²) in [4.78, 5) is 12.7. The van der Waals surface area contributed by atoms with Gasteiger partial charge in [-0.25, -0.2) is 18.3 Å². The predicted octanol–water partition coefficient (Wildman–Crippen LogP) is 4.91. The van der Waals surface area contributed by atoms with E-state index in [4.69, 9.17) is 4.98 Å². The van der Waals surface area contributed by atoms with Crippen LogP contribution in [0.4, 0.5) is 20.3 Å². The Morgan fingerprint density at radius 1 is 1.08 bits per heavy atom. The van der Waals surface area contributed by atoms with Crippen LogP contribution < -0.4 is 9.80 Å². The van der Waals surface area contributed by atoms with Crippen molar-refractivity contribution in [1.29, 1.82) is 5.26 Å². The Bertz CT molecular complexity index is 1580. The van der Waals surface area contributed by atoms with Crippen molar-refractivity contribution in [1.82, 2.24) is 19.5 Å². The molecule has 7 heterocycles. The Morgan fingerprint density at radius 2 is 1.90 bits per heavy atom. The lowest BCUT2D eigenvalue weighted by atomic mass is 9.86. The van der Waals surface area contributed by atoms with E-state index in [1.54, 1.807) is 27.4 Å². The summed E-state index contributed by atoms with van der Waals surface area (Å²) in [5.74, 6) is -1.75.